The molecule has 0 amide bonds. The van der Waals surface area contributed by atoms with E-state index in [-0.39, 0.29) is 33.3 Å². The van der Waals surface area contributed by atoms with Crippen molar-refractivity contribution >= 4 is 33.3 Å². The normalized spacial score (nSPS) is 4.20. The van der Waals surface area contributed by atoms with Crippen LogP contribution < -0.4 is 0 Å². The molecule has 1 nitrogen and oxygen atoms in total. The third-order valence-electron chi connectivity index (χ3n) is 0. The molecule has 0 aliphatic heterocycles. The quantitative estimate of drug-likeness (QED) is 0.461. The summed E-state index contributed by atoms with van der Waals surface area (Å²) >= 11 is 0. The van der Waals surface area contributed by atoms with Crippen LogP contribution in [0, 0.1) is 0 Å². The Bertz CT molecular complexity index is 17.1. The standard InChI is InChI=1S/CH3OP.2ClH/c1-3-2;;/h1H3;2*1H/p+1. The molecule has 0 rings (SSSR count). The van der Waals surface area contributed by atoms with Crippen molar-refractivity contribution in [2.45, 2.75) is 0 Å². The van der Waals surface area contributed by atoms with Crippen LogP contribution in [0.25, 0.3) is 0 Å². The summed E-state index contributed by atoms with van der Waals surface area (Å²) in [4.78, 5) is 0. The molecule has 0 aromatic carbocycles. The Morgan fingerprint density at radius 1 is 1.40 bits per heavy atom. The predicted molar refractivity (Wildman–Crippen MR) is 29.4 cm³/mol. The van der Waals surface area contributed by atoms with Gasteiger partial charge in [0.05, 0.1) is 0 Å². The molecule has 0 radical (unpaired) electrons. The second-order valence-corrected chi connectivity index (χ2v) is 0.612. The summed E-state index contributed by atoms with van der Waals surface area (Å²) in [5, 5.41) is 0. The van der Waals surface area contributed by atoms with E-state index < -0.39 is 0 Å². The van der Waals surface area contributed by atoms with Gasteiger partial charge in [-0.2, -0.15) is 0 Å². The fraction of sp³-hybridized carbons (Fsp3) is 1.00. The number of halogens is 2. The van der Waals surface area contributed by atoms with E-state index >= 15 is 0 Å². The van der Waals surface area contributed by atoms with Gasteiger partial charge in [0.15, 0.2) is 0 Å². The second-order valence-electron chi connectivity index (χ2n) is 0.204. The van der Waals surface area contributed by atoms with Crippen LogP contribution in [0.15, 0.2) is 0 Å². The molecule has 0 heterocycles. The molecule has 0 aliphatic carbocycles. The zero-order valence-electron chi connectivity index (χ0n) is 2.72. The molecule has 0 bridgehead atoms. The van der Waals surface area contributed by atoms with Crippen LogP contribution in [0.5, 0.6) is 0 Å². The molecule has 1 unspecified atom stereocenters. The third kappa shape index (κ3) is 72.7. The lowest BCUT2D eigenvalue weighted by Crippen LogP contribution is -0.988. The number of hydrogen-bond acceptors (Lipinski definition) is 1. The number of rotatable bonds is 0. The van der Waals surface area contributed by atoms with E-state index in [0.717, 1.165) is 0 Å². The maximum absolute atomic E-state index is 8.96. The molecule has 0 N–H and O–H groups in total. The zero-order chi connectivity index (χ0) is 2.71. The highest BCUT2D eigenvalue weighted by atomic mass is 35.5. The van der Waals surface area contributed by atoms with Crippen molar-refractivity contribution < 1.29 is 4.57 Å². The van der Waals surface area contributed by atoms with Gasteiger partial charge in [-0.1, -0.05) is 4.57 Å². The van der Waals surface area contributed by atoms with Gasteiger partial charge >= 0.3 is 8.46 Å². The summed E-state index contributed by atoms with van der Waals surface area (Å²) < 4.78 is 8.96. The third-order valence-corrected chi connectivity index (χ3v) is 0. The van der Waals surface area contributed by atoms with Crippen molar-refractivity contribution in [2.75, 3.05) is 6.66 Å². The van der Waals surface area contributed by atoms with E-state index in [2.05, 4.69) is 0 Å². The Kier molecular flexibility index (Phi) is 77.8. The van der Waals surface area contributed by atoms with Crippen molar-refractivity contribution in [1.29, 1.82) is 0 Å². The summed E-state index contributed by atoms with van der Waals surface area (Å²) in [7, 11) is -0.167. The first-order valence-electron chi connectivity index (χ1n) is 0.704. The summed E-state index contributed by atoms with van der Waals surface area (Å²) in [6.45, 7) is 1.60. The molecule has 0 saturated heterocycles. The molecule has 0 saturated carbocycles. The first kappa shape index (κ1) is 17.3. The lowest BCUT2D eigenvalue weighted by atomic mass is 12.0. The highest BCUT2D eigenvalue weighted by Crippen LogP contribution is 1.67. The van der Waals surface area contributed by atoms with Crippen LogP contribution in [0.4, 0.5) is 0 Å². The van der Waals surface area contributed by atoms with Crippen LogP contribution in [-0.4, -0.2) is 6.66 Å². The van der Waals surface area contributed by atoms with Crippen LogP contribution >= 0.6 is 33.3 Å². The fourth-order valence-electron chi connectivity index (χ4n) is 0. The minimum absolute atomic E-state index is 0. The van der Waals surface area contributed by atoms with E-state index in [0.29, 0.717) is 0 Å². The highest BCUT2D eigenvalue weighted by Gasteiger charge is 1.43. The molecule has 0 aliphatic rings. The van der Waals surface area contributed by atoms with Gasteiger partial charge in [-0.3, -0.25) is 0 Å². The lowest BCUT2D eigenvalue weighted by molar-refractivity contribution is 0.601. The van der Waals surface area contributed by atoms with Gasteiger partial charge in [-0.15, -0.1) is 24.8 Å². The second kappa shape index (κ2) is 22.5. The molecule has 0 aromatic rings. The Morgan fingerprint density at radius 2 is 1.40 bits per heavy atom. The fourth-order valence-corrected chi connectivity index (χ4v) is 0. The lowest BCUT2D eigenvalue weighted by Gasteiger charge is -1.04. The minimum Gasteiger partial charge on any atom is -0.147 e. The van der Waals surface area contributed by atoms with Crippen molar-refractivity contribution in [3.8, 4) is 0 Å². The van der Waals surface area contributed by atoms with E-state index in [1.807, 2.05) is 0 Å². The summed E-state index contributed by atoms with van der Waals surface area (Å²) in [6, 6.07) is 0. The highest BCUT2D eigenvalue weighted by molar-refractivity contribution is 7.22. The first-order chi connectivity index (χ1) is 1.41. The SMILES string of the molecule is C[PH+]=O.Cl.Cl. The predicted octanol–water partition coefficient (Wildman–Crippen LogP) is 1.48. The molecule has 34 valence electrons. The van der Waals surface area contributed by atoms with E-state index in [9.17, 15) is 0 Å². The van der Waals surface area contributed by atoms with Gasteiger partial charge in [0, 0.05) is 0 Å². The Hall–Kier alpha value is 0.680. The summed E-state index contributed by atoms with van der Waals surface area (Å²) in [5.41, 5.74) is 0. The first-order valence-corrected chi connectivity index (χ1v) is 2.11. The Balaban J connectivity index is -0.0000000200. The average molecular weight is 136 g/mol. The molecule has 1 atom stereocenters. The maximum atomic E-state index is 8.96. The van der Waals surface area contributed by atoms with Gasteiger partial charge < -0.3 is 0 Å². The van der Waals surface area contributed by atoms with Crippen LogP contribution in [0.2, 0.25) is 0 Å². The van der Waals surface area contributed by atoms with E-state index in [1.54, 1.807) is 6.66 Å². The monoisotopic (exact) mass is 135 g/mol. The van der Waals surface area contributed by atoms with Gasteiger partial charge in [0.1, 0.15) is 6.66 Å². The van der Waals surface area contributed by atoms with Crippen molar-refractivity contribution in [1.82, 2.24) is 0 Å². The zero-order valence-corrected chi connectivity index (χ0v) is 5.36. The number of hydrogen-bond donors (Lipinski definition) is 0. The van der Waals surface area contributed by atoms with E-state index in [4.69, 9.17) is 4.57 Å². The van der Waals surface area contributed by atoms with Crippen molar-refractivity contribution in [3.05, 3.63) is 0 Å². The van der Waals surface area contributed by atoms with Crippen molar-refractivity contribution in [3.63, 3.8) is 0 Å². The molecular weight excluding hydrogens is 130 g/mol. The summed E-state index contributed by atoms with van der Waals surface area (Å²) in [6.07, 6.45) is 0. The average Bonchev–Trinajstić information content (AvgIpc) is 0.918. The Labute approximate surface area is 45.2 Å². The topological polar surface area (TPSA) is 17.1 Å². The van der Waals surface area contributed by atoms with Gasteiger partial charge in [0.25, 0.3) is 0 Å². The van der Waals surface area contributed by atoms with Crippen molar-refractivity contribution in [2.24, 2.45) is 0 Å². The van der Waals surface area contributed by atoms with Gasteiger partial charge in [0.2, 0.25) is 0 Å². The molecule has 0 fully saturated rings. The summed E-state index contributed by atoms with van der Waals surface area (Å²) in [5.74, 6) is 0. The molecule has 0 spiro atoms. The maximum Gasteiger partial charge on any atom is 0.321 e. The van der Waals surface area contributed by atoms with Crippen LogP contribution in [0.3, 0.4) is 0 Å². The molecule has 5 heavy (non-hydrogen) atoms. The van der Waals surface area contributed by atoms with Crippen LogP contribution in [0.1, 0.15) is 0 Å². The minimum atomic E-state index is -0.167. The Morgan fingerprint density at radius 3 is 1.40 bits per heavy atom. The molecule has 4 heteroatoms. The van der Waals surface area contributed by atoms with Crippen LogP contribution in [-0.2, 0) is 4.57 Å². The van der Waals surface area contributed by atoms with Gasteiger partial charge in [-0.05, 0) is 0 Å². The smallest absolute Gasteiger partial charge is 0.147 e. The molecule has 0 aromatic heterocycles. The van der Waals surface area contributed by atoms with E-state index in [1.165, 1.54) is 0 Å². The largest absolute Gasteiger partial charge is 0.321 e. The molecular formula is CH6Cl2OP+. The van der Waals surface area contributed by atoms with Gasteiger partial charge in [-0.25, -0.2) is 0 Å².